The Labute approximate surface area is 252 Å². The first-order valence-electron chi connectivity index (χ1n) is 14.9. The van der Waals surface area contributed by atoms with E-state index in [1.807, 2.05) is 59.5 Å². The molecule has 1 saturated carbocycles. The highest BCUT2D eigenvalue weighted by atomic mass is 35.5. The minimum absolute atomic E-state index is 0.103. The van der Waals surface area contributed by atoms with Crippen molar-refractivity contribution in [3.8, 4) is 0 Å². The number of benzene rings is 3. The van der Waals surface area contributed by atoms with E-state index < -0.39 is 0 Å². The molecule has 1 aliphatic carbocycles. The number of hydrogen-bond acceptors (Lipinski definition) is 3. The molecule has 2 aliphatic heterocycles. The number of nitrogens with zero attached hydrogens (tertiary/aromatic N) is 1. The lowest BCUT2D eigenvalue weighted by molar-refractivity contribution is -0.126. The van der Waals surface area contributed by atoms with E-state index in [1.165, 1.54) is 11.1 Å². The predicted molar refractivity (Wildman–Crippen MR) is 164 cm³/mol. The van der Waals surface area contributed by atoms with Gasteiger partial charge in [-0.25, -0.2) is 0 Å². The lowest BCUT2D eigenvalue weighted by Crippen LogP contribution is -2.60. The number of halogens is 2. The third-order valence-electron chi connectivity index (χ3n) is 9.39. The molecule has 5 nitrogen and oxygen atoms in total. The minimum atomic E-state index is 0.103. The number of nitrogens with one attached hydrogen (secondary N) is 2. The van der Waals surface area contributed by atoms with Gasteiger partial charge in [-0.3, -0.25) is 9.59 Å². The molecule has 4 unspecified atom stereocenters. The molecule has 7 heteroatoms. The average Bonchev–Trinajstić information content (AvgIpc) is 3.00. The summed E-state index contributed by atoms with van der Waals surface area (Å²) in [5, 5.41) is 8.70. The Morgan fingerprint density at radius 2 is 1.44 bits per heavy atom. The fourth-order valence-corrected chi connectivity index (χ4v) is 7.61. The van der Waals surface area contributed by atoms with Crippen molar-refractivity contribution >= 4 is 35.0 Å². The van der Waals surface area contributed by atoms with Crippen LogP contribution < -0.4 is 10.6 Å². The van der Waals surface area contributed by atoms with Gasteiger partial charge in [0.1, 0.15) is 0 Å². The molecular weight excluding hydrogens is 553 g/mol. The van der Waals surface area contributed by atoms with Crippen molar-refractivity contribution in [1.82, 2.24) is 15.5 Å². The Hall–Kier alpha value is -2.86. The predicted octanol–water partition coefficient (Wildman–Crippen LogP) is 6.69. The quantitative estimate of drug-likeness (QED) is 0.336. The summed E-state index contributed by atoms with van der Waals surface area (Å²) in [7, 11) is 0. The first-order valence-corrected chi connectivity index (χ1v) is 15.6. The standard InChI is InChI=1S/C34H37Cl2N3O2/c35-26-11-6-22(7-12-26)33(23-8-13-27(36)14-9-23)25-10-15-30-29(20-25)31(21-32(40)38-30)37-28-16-18-39(19-17-28)34(41)24-4-2-1-3-5-24/h1-9,11-14,25,28-31,33,37H,10,15-21H2,(H,38,40). The Morgan fingerprint density at radius 1 is 0.829 bits per heavy atom. The van der Waals surface area contributed by atoms with E-state index in [-0.39, 0.29) is 29.8 Å². The second-order valence-corrected chi connectivity index (χ2v) is 12.8. The number of amides is 2. The molecule has 3 fully saturated rings. The molecule has 214 valence electrons. The molecule has 3 aromatic rings. The van der Waals surface area contributed by atoms with Gasteiger partial charge >= 0.3 is 0 Å². The summed E-state index contributed by atoms with van der Waals surface area (Å²) in [6.07, 6.45) is 5.35. The van der Waals surface area contributed by atoms with Crippen LogP contribution >= 0.6 is 23.2 Å². The van der Waals surface area contributed by atoms with Crippen molar-refractivity contribution in [2.24, 2.45) is 11.8 Å². The van der Waals surface area contributed by atoms with Crippen LogP contribution in [0.3, 0.4) is 0 Å². The van der Waals surface area contributed by atoms with Gasteiger partial charge in [0.15, 0.2) is 0 Å². The van der Waals surface area contributed by atoms with Gasteiger partial charge in [0.25, 0.3) is 5.91 Å². The summed E-state index contributed by atoms with van der Waals surface area (Å²) in [4.78, 5) is 27.7. The van der Waals surface area contributed by atoms with Gasteiger partial charge in [0, 0.05) is 59.2 Å². The number of likely N-dealkylation sites (tertiary alicyclic amines) is 1. The van der Waals surface area contributed by atoms with Crippen LogP contribution in [0.4, 0.5) is 0 Å². The summed E-state index contributed by atoms with van der Waals surface area (Å²) in [5.41, 5.74) is 3.27. The topological polar surface area (TPSA) is 61.4 Å². The third-order valence-corrected chi connectivity index (χ3v) is 9.90. The molecule has 0 bridgehead atoms. The molecule has 2 heterocycles. The van der Waals surface area contributed by atoms with Crippen molar-refractivity contribution in [2.45, 2.75) is 62.6 Å². The van der Waals surface area contributed by atoms with Crippen LogP contribution in [0.2, 0.25) is 10.0 Å². The van der Waals surface area contributed by atoms with Crippen molar-refractivity contribution in [2.75, 3.05) is 13.1 Å². The second-order valence-electron chi connectivity index (χ2n) is 11.9. The van der Waals surface area contributed by atoms with Crippen LogP contribution in [0.1, 0.15) is 65.9 Å². The van der Waals surface area contributed by atoms with E-state index >= 15 is 0 Å². The molecule has 3 aliphatic rings. The van der Waals surface area contributed by atoms with Gasteiger partial charge in [0.2, 0.25) is 5.91 Å². The molecule has 0 aromatic heterocycles. The van der Waals surface area contributed by atoms with Gasteiger partial charge in [-0.2, -0.15) is 0 Å². The zero-order valence-electron chi connectivity index (χ0n) is 23.1. The molecule has 3 aromatic carbocycles. The highest BCUT2D eigenvalue weighted by Gasteiger charge is 2.43. The summed E-state index contributed by atoms with van der Waals surface area (Å²) in [5.74, 6) is 1.27. The van der Waals surface area contributed by atoms with E-state index in [9.17, 15) is 9.59 Å². The summed E-state index contributed by atoms with van der Waals surface area (Å²) in [6.45, 7) is 1.46. The van der Waals surface area contributed by atoms with E-state index in [1.54, 1.807) is 0 Å². The second kappa shape index (κ2) is 12.6. The zero-order valence-corrected chi connectivity index (χ0v) is 24.7. The molecule has 2 N–H and O–H groups in total. The maximum absolute atomic E-state index is 12.9. The number of hydrogen-bond donors (Lipinski definition) is 2. The maximum atomic E-state index is 12.9. The smallest absolute Gasteiger partial charge is 0.253 e. The first-order chi connectivity index (χ1) is 19.9. The highest BCUT2D eigenvalue weighted by Crippen LogP contribution is 2.45. The fraction of sp³-hybridized carbons (Fsp3) is 0.412. The van der Waals surface area contributed by atoms with Crippen LogP contribution in [-0.2, 0) is 4.79 Å². The van der Waals surface area contributed by atoms with Crippen molar-refractivity contribution in [3.63, 3.8) is 0 Å². The molecule has 6 rings (SSSR count). The van der Waals surface area contributed by atoms with Crippen molar-refractivity contribution < 1.29 is 9.59 Å². The van der Waals surface area contributed by atoms with Gasteiger partial charge in [-0.15, -0.1) is 0 Å². The minimum Gasteiger partial charge on any atom is -0.353 e. The number of fused-ring (bicyclic) bond motifs is 1. The third kappa shape index (κ3) is 6.48. The fourth-order valence-electron chi connectivity index (χ4n) is 7.36. The highest BCUT2D eigenvalue weighted by molar-refractivity contribution is 6.30. The molecule has 4 atom stereocenters. The molecule has 2 amide bonds. The van der Waals surface area contributed by atoms with Crippen LogP contribution in [0.25, 0.3) is 0 Å². The Bertz CT molecular complexity index is 1300. The Balaban J connectivity index is 1.16. The monoisotopic (exact) mass is 589 g/mol. The van der Waals surface area contributed by atoms with Crippen LogP contribution in [0, 0.1) is 11.8 Å². The van der Waals surface area contributed by atoms with Crippen LogP contribution in [-0.4, -0.2) is 47.9 Å². The number of carbonyl (C=O) groups excluding carboxylic acids is 2. The van der Waals surface area contributed by atoms with E-state index in [2.05, 4.69) is 34.9 Å². The molecule has 2 saturated heterocycles. The van der Waals surface area contributed by atoms with E-state index in [0.717, 1.165) is 60.8 Å². The molecule has 0 spiro atoms. The zero-order chi connectivity index (χ0) is 28.3. The number of carbonyl (C=O) groups is 2. The molecule has 41 heavy (non-hydrogen) atoms. The molecule has 0 radical (unpaired) electrons. The van der Waals surface area contributed by atoms with Gasteiger partial charge in [0.05, 0.1) is 0 Å². The number of piperidine rings is 2. The van der Waals surface area contributed by atoms with Gasteiger partial charge < -0.3 is 15.5 Å². The lowest BCUT2D eigenvalue weighted by Gasteiger charge is -2.47. The summed E-state index contributed by atoms with van der Waals surface area (Å²) in [6, 6.07) is 26.7. The van der Waals surface area contributed by atoms with Crippen molar-refractivity contribution in [1.29, 1.82) is 0 Å². The van der Waals surface area contributed by atoms with E-state index in [0.29, 0.717) is 24.3 Å². The number of rotatable bonds is 6. The summed E-state index contributed by atoms with van der Waals surface area (Å²) < 4.78 is 0. The summed E-state index contributed by atoms with van der Waals surface area (Å²) >= 11 is 12.5. The first kappa shape index (κ1) is 28.3. The average molecular weight is 591 g/mol. The SMILES string of the molecule is O=C1CC(NC2CCN(C(=O)c3ccccc3)CC2)C2CC(C(c3ccc(Cl)cc3)c3ccc(Cl)cc3)CCC2N1. The van der Waals surface area contributed by atoms with Crippen molar-refractivity contribution in [3.05, 3.63) is 106 Å². The van der Waals surface area contributed by atoms with Crippen LogP contribution in [0.15, 0.2) is 78.9 Å². The van der Waals surface area contributed by atoms with Gasteiger partial charge in [-0.1, -0.05) is 65.7 Å². The van der Waals surface area contributed by atoms with E-state index in [4.69, 9.17) is 23.2 Å². The Morgan fingerprint density at radius 3 is 2.05 bits per heavy atom. The maximum Gasteiger partial charge on any atom is 0.253 e. The van der Waals surface area contributed by atoms with Crippen LogP contribution in [0.5, 0.6) is 0 Å². The lowest BCUT2D eigenvalue weighted by atomic mass is 9.65. The normalized spacial score (nSPS) is 25.0. The largest absolute Gasteiger partial charge is 0.353 e. The Kier molecular flexibility index (Phi) is 8.66. The van der Waals surface area contributed by atoms with Gasteiger partial charge in [-0.05, 0) is 91.5 Å². The molecular formula is C34H37Cl2N3O2.